The molecular weight excluding hydrogens is 268 g/mol. The van der Waals surface area contributed by atoms with Gasteiger partial charge in [0.25, 0.3) is 5.91 Å². The van der Waals surface area contributed by atoms with Crippen LogP contribution in [0.4, 0.5) is 14.5 Å². The highest BCUT2D eigenvalue weighted by molar-refractivity contribution is 5.95. The van der Waals surface area contributed by atoms with Crippen molar-refractivity contribution >= 4 is 11.6 Å². The van der Waals surface area contributed by atoms with Gasteiger partial charge in [0.1, 0.15) is 5.82 Å². The summed E-state index contributed by atoms with van der Waals surface area (Å²) in [4.78, 5) is 13.9. The number of rotatable bonds is 4. The maximum Gasteiger partial charge on any atom is 0.254 e. The molecule has 5 nitrogen and oxygen atoms in total. The van der Waals surface area contributed by atoms with Gasteiger partial charge in [-0.2, -0.15) is 0 Å². The largest absolute Gasteiger partial charge is 0.396 e. The minimum Gasteiger partial charge on any atom is -0.396 e. The predicted octanol–water partition coefficient (Wildman–Crippen LogP) is 0.609. The third-order valence-electron chi connectivity index (χ3n) is 3.13. The maximum absolute atomic E-state index is 13.6. The Kier molecular flexibility index (Phi) is 4.86. The number of hydrogen-bond donors (Lipinski definition) is 2. The van der Waals surface area contributed by atoms with Crippen molar-refractivity contribution in [3.63, 3.8) is 0 Å². The monoisotopic (exact) mass is 285 g/mol. The number of halogens is 2. The number of anilines is 1. The summed E-state index contributed by atoms with van der Waals surface area (Å²) in [5, 5.41) is 2.56. The van der Waals surface area contributed by atoms with Gasteiger partial charge in [0, 0.05) is 26.2 Å². The number of nitrogens with two attached hydrogens (primary N) is 1. The fourth-order valence-electron chi connectivity index (χ4n) is 2.02. The molecule has 0 bridgehead atoms. The van der Waals surface area contributed by atoms with Crippen LogP contribution in [0.2, 0.25) is 0 Å². The van der Waals surface area contributed by atoms with Crippen molar-refractivity contribution in [1.29, 1.82) is 0 Å². The van der Waals surface area contributed by atoms with Gasteiger partial charge in [-0.25, -0.2) is 8.78 Å². The van der Waals surface area contributed by atoms with Gasteiger partial charge in [0.15, 0.2) is 5.82 Å². The Labute approximate surface area is 115 Å². The molecule has 1 aliphatic rings. The minimum absolute atomic E-state index is 0.356. The zero-order chi connectivity index (χ0) is 14.5. The molecule has 1 aromatic rings. The average Bonchev–Trinajstić information content (AvgIpc) is 2.44. The number of nitrogen functional groups attached to an aromatic ring is 1. The third-order valence-corrected chi connectivity index (χ3v) is 3.13. The smallest absolute Gasteiger partial charge is 0.254 e. The van der Waals surface area contributed by atoms with Crippen LogP contribution in [0.3, 0.4) is 0 Å². The molecule has 3 N–H and O–H groups in total. The molecule has 1 amide bonds. The normalized spacial score (nSPS) is 16.1. The second-order valence-electron chi connectivity index (χ2n) is 4.57. The predicted molar refractivity (Wildman–Crippen MR) is 70.4 cm³/mol. The number of benzene rings is 1. The highest BCUT2D eigenvalue weighted by Crippen LogP contribution is 2.17. The summed E-state index contributed by atoms with van der Waals surface area (Å²) in [6.07, 6.45) is 0. The first kappa shape index (κ1) is 14.7. The summed E-state index contributed by atoms with van der Waals surface area (Å²) < 4.78 is 32.0. The fraction of sp³-hybridized carbons (Fsp3) is 0.462. The van der Waals surface area contributed by atoms with E-state index >= 15 is 0 Å². The summed E-state index contributed by atoms with van der Waals surface area (Å²) in [6, 6.07) is 1.69. The van der Waals surface area contributed by atoms with Crippen LogP contribution in [0.25, 0.3) is 0 Å². The van der Waals surface area contributed by atoms with Gasteiger partial charge in [-0.3, -0.25) is 9.69 Å². The number of morpholine rings is 1. The molecule has 1 fully saturated rings. The van der Waals surface area contributed by atoms with Crippen LogP contribution in [-0.4, -0.2) is 50.2 Å². The molecular formula is C13H17F2N3O2. The van der Waals surface area contributed by atoms with E-state index in [9.17, 15) is 13.6 Å². The lowest BCUT2D eigenvalue weighted by Gasteiger charge is -2.26. The summed E-state index contributed by atoms with van der Waals surface area (Å²) in [5.74, 6) is -2.29. The molecule has 110 valence electrons. The van der Waals surface area contributed by atoms with Crippen LogP contribution in [0.15, 0.2) is 12.1 Å². The first-order chi connectivity index (χ1) is 9.58. The first-order valence-corrected chi connectivity index (χ1v) is 6.41. The number of carbonyl (C=O) groups excluding carboxylic acids is 1. The number of hydrogen-bond acceptors (Lipinski definition) is 4. The Morgan fingerprint density at radius 2 is 2.05 bits per heavy atom. The molecule has 0 aromatic heterocycles. The van der Waals surface area contributed by atoms with Crippen LogP contribution in [0.5, 0.6) is 0 Å². The van der Waals surface area contributed by atoms with Crippen molar-refractivity contribution in [1.82, 2.24) is 10.2 Å². The molecule has 0 unspecified atom stereocenters. The zero-order valence-electron chi connectivity index (χ0n) is 11.0. The number of amides is 1. The molecule has 1 heterocycles. The molecule has 1 aliphatic heterocycles. The van der Waals surface area contributed by atoms with Crippen molar-refractivity contribution in [2.75, 3.05) is 45.1 Å². The quantitative estimate of drug-likeness (QED) is 0.795. The number of nitrogens with one attached hydrogen (secondary N) is 1. The van der Waals surface area contributed by atoms with Gasteiger partial charge < -0.3 is 15.8 Å². The number of nitrogens with zero attached hydrogens (tertiary/aromatic N) is 1. The van der Waals surface area contributed by atoms with E-state index in [0.717, 1.165) is 25.2 Å². The SMILES string of the molecule is Nc1cc(F)cc(C(=O)NCCN2CCOCC2)c1F. The fourth-order valence-corrected chi connectivity index (χ4v) is 2.02. The van der Waals surface area contributed by atoms with E-state index in [4.69, 9.17) is 10.5 Å². The first-order valence-electron chi connectivity index (χ1n) is 6.41. The molecule has 0 atom stereocenters. The number of carbonyl (C=O) groups is 1. The molecule has 0 aliphatic carbocycles. The van der Waals surface area contributed by atoms with E-state index in [1.807, 2.05) is 0 Å². The molecule has 1 aromatic carbocycles. The van der Waals surface area contributed by atoms with Crippen LogP contribution in [0, 0.1) is 11.6 Å². The third kappa shape index (κ3) is 3.64. The van der Waals surface area contributed by atoms with Gasteiger partial charge in [0.05, 0.1) is 24.5 Å². The molecule has 1 saturated heterocycles. The second kappa shape index (κ2) is 6.62. The summed E-state index contributed by atoms with van der Waals surface area (Å²) in [7, 11) is 0. The lowest BCUT2D eigenvalue weighted by molar-refractivity contribution is 0.0383. The summed E-state index contributed by atoms with van der Waals surface area (Å²) in [5.41, 5.74) is 4.54. The van der Waals surface area contributed by atoms with E-state index in [1.54, 1.807) is 0 Å². The second-order valence-corrected chi connectivity index (χ2v) is 4.57. The summed E-state index contributed by atoms with van der Waals surface area (Å²) in [6.45, 7) is 3.94. The topological polar surface area (TPSA) is 67.6 Å². The van der Waals surface area contributed by atoms with E-state index in [0.29, 0.717) is 26.3 Å². The highest BCUT2D eigenvalue weighted by Gasteiger charge is 2.16. The lowest BCUT2D eigenvalue weighted by atomic mass is 10.1. The van der Waals surface area contributed by atoms with Crippen molar-refractivity contribution in [2.24, 2.45) is 0 Å². The van der Waals surface area contributed by atoms with Gasteiger partial charge in [-0.15, -0.1) is 0 Å². The molecule has 2 rings (SSSR count). The molecule has 0 spiro atoms. The Bertz CT molecular complexity index is 491. The number of ether oxygens (including phenoxy) is 1. The van der Waals surface area contributed by atoms with Crippen molar-refractivity contribution in [2.45, 2.75) is 0 Å². The van der Waals surface area contributed by atoms with E-state index in [1.165, 1.54) is 0 Å². The van der Waals surface area contributed by atoms with Crippen molar-refractivity contribution in [3.8, 4) is 0 Å². The van der Waals surface area contributed by atoms with Gasteiger partial charge in [-0.05, 0) is 12.1 Å². The minimum atomic E-state index is -0.893. The lowest BCUT2D eigenvalue weighted by Crippen LogP contribution is -2.41. The van der Waals surface area contributed by atoms with Crippen LogP contribution in [-0.2, 0) is 4.74 Å². The molecule has 20 heavy (non-hydrogen) atoms. The Morgan fingerprint density at radius 3 is 2.75 bits per heavy atom. The van der Waals surface area contributed by atoms with Crippen molar-refractivity contribution < 1.29 is 18.3 Å². The van der Waals surface area contributed by atoms with Crippen molar-refractivity contribution in [3.05, 3.63) is 29.3 Å². The standard InChI is InChI=1S/C13H17F2N3O2/c14-9-7-10(12(15)11(16)8-9)13(19)17-1-2-18-3-5-20-6-4-18/h7-8H,1-6,16H2,(H,17,19). The highest BCUT2D eigenvalue weighted by atomic mass is 19.1. The Morgan fingerprint density at radius 1 is 1.35 bits per heavy atom. The van der Waals surface area contributed by atoms with Gasteiger partial charge in [-0.1, -0.05) is 0 Å². The van der Waals surface area contributed by atoms with E-state index < -0.39 is 17.5 Å². The van der Waals surface area contributed by atoms with Gasteiger partial charge in [0.2, 0.25) is 0 Å². The average molecular weight is 285 g/mol. The van der Waals surface area contributed by atoms with Crippen LogP contribution < -0.4 is 11.1 Å². The van der Waals surface area contributed by atoms with Crippen LogP contribution in [0.1, 0.15) is 10.4 Å². The Balaban J connectivity index is 1.88. The Hall–Kier alpha value is -1.73. The molecule has 7 heteroatoms. The van der Waals surface area contributed by atoms with E-state index in [2.05, 4.69) is 10.2 Å². The summed E-state index contributed by atoms with van der Waals surface area (Å²) >= 11 is 0. The van der Waals surface area contributed by atoms with Gasteiger partial charge >= 0.3 is 0 Å². The maximum atomic E-state index is 13.6. The zero-order valence-corrected chi connectivity index (χ0v) is 11.0. The van der Waals surface area contributed by atoms with E-state index in [-0.39, 0.29) is 11.3 Å². The molecule has 0 saturated carbocycles. The van der Waals surface area contributed by atoms with Crippen LogP contribution >= 0.6 is 0 Å². The molecule has 0 radical (unpaired) electrons.